The quantitative estimate of drug-likeness (QED) is 0.617. The summed E-state index contributed by atoms with van der Waals surface area (Å²) >= 11 is 0. The summed E-state index contributed by atoms with van der Waals surface area (Å²) in [6, 6.07) is 3.69. The van der Waals surface area contributed by atoms with Gasteiger partial charge in [-0.1, -0.05) is 6.07 Å². The minimum absolute atomic E-state index is 0.181. The van der Waals surface area contributed by atoms with Crippen LogP contribution in [0.25, 0.3) is 0 Å². The Morgan fingerprint density at radius 3 is 2.73 bits per heavy atom. The molecule has 0 aliphatic rings. The lowest BCUT2D eigenvalue weighted by Gasteiger charge is -2.08. The van der Waals surface area contributed by atoms with Crippen molar-refractivity contribution >= 4 is 5.82 Å². The van der Waals surface area contributed by atoms with E-state index in [9.17, 15) is 13.2 Å². The maximum atomic E-state index is 12.2. The number of alkyl halides is 3. The second kappa shape index (κ2) is 4.69. The van der Waals surface area contributed by atoms with Crippen LogP contribution in [0, 0.1) is 12.3 Å². The van der Waals surface area contributed by atoms with Crippen molar-refractivity contribution in [2.24, 2.45) is 0 Å². The fraction of sp³-hybridized carbons (Fsp3) is 0.300. The molecule has 1 aromatic rings. The second-order valence-corrected chi connectivity index (χ2v) is 2.79. The van der Waals surface area contributed by atoms with E-state index in [4.69, 9.17) is 6.42 Å². The predicted octanol–water partition coefficient (Wildman–Crippen LogP) is 2.54. The number of hydrogen-bond acceptors (Lipinski definition) is 2. The van der Waals surface area contributed by atoms with Crippen LogP contribution in [0.4, 0.5) is 19.0 Å². The highest BCUT2D eigenvalue weighted by Crippen LogP contribution is 2.27. The average Bonchev–Trinajstić information content (AvgIpc) is 2.17. The van der Waals surface area contributed by atoms with Crippen LogP contribution in [-0.2, 0) is 6.18 Å². The number of pyridine rings is 1. The lowest BCUT2D eigenvalue weighted by atomic mass is 10.3. The number of nitrogens with zero attached hydrogens (tertiary/aromatic N) is 1. The van der Waals surface area contributed by atoms with Crippen LogP contribution in [0.1, 0.15) is 12.1 Å². The molecule has 0 fully saturated rings. The summed E-state index contributed by atoms with van der Waals surface area (Å²) in [5, 5.41) is 2.70. The average molecular weight is 214 g/mol. The monoisotopic (exact) mass is 214 g/mol. The van der Waals surface area contributed by atoms with Gasteiger partial charge < -0.3 is 5.32 Å². The van der Waals surface area contributed by atoms with E-state index in [-0.39, 0.29) is 5.82 Å². The molecule has 2 nitrogen and oxygen atoms in total. The molecule has 0 atom stereocenters. The zero-order valence-corrected chi connectivity index (χ0v) is 7.80. The van der Waals surface area contributed by atoms with E-state index in [0.717, 1.165) is 6.07 Å². The maximum Gasteiger partial charge on any atom is 0.433 e. The number of rotatable bonds is 3. The number of nitrogens with one attached hydrogen (secondary N) is 1. The molecule has 0 bridgehead atoms. The molecule has 5 heteroatoms. The van der Waals surface area contributed by atoms with Crippen LogP contribution in [0.15, 0.2) is 18.2 Å². The number of hydrogen-bond donors (Lipinski definition) is 1. The molecule has 0 aromatic carbocycles. The Bertz CT molecular complexity index is 366. The van der Waals surface area contributed by atoms with E-state index in [1.165, 1.54) is 12.1 Å². The minimum Gasteiger partial charge on any atom is -0.369 e. The smallest absolute Gasteiger partial charge is 0.369 e. The molecule has 0 radical (unpaired) electrons. The molecule has 0 amide bonds. The third-order valence-corrected chi connectivity index (χ3v) is 1.61. The molecule has 0 aliphatic heterocycles. The fourth-order valence-electron chi connectivity index (χ4n) is 0.954. The second-order valence-electron chi connectivity index (χ2n) is 2.79. The minimum atomic E-state index is -4.41. The van der Waals surface area contributed by atoms with E-state index in [0.29, 0.717) is 13.0 Å². The molecule has 0 saturated carbocycles. The van der Waals surface area contributed by atoms with Crippen molar-refractivity contribution in [2.45, 2.75) is 12.6 Å². The first-order valence-corrected chi connectivity index (χ1v) is 4.25. The highest BCUT2D eigenvalue weighted by molar-refractivity contribution is 5.35. The van der Waals surface area contributed by atoms with Crippen LogP contribution in [0.3, 0.4) is 0 Å². The molecular weight excluding hydrogens is 205 g/mol. The summed E-state index contributed by atoms with van der Waals surface area (Å²) in [4.78, 5) is 3.41. The Hall–Kier alpha value is -1.70. The molecule has 1 heterocycles. The van der Waals surface area contributed by atoms with Gasteiger partial charge in [-0.3, -0.25) is 0 Å². The van der Waals surface area contributed by atoms with Crippen molar-refractivity contribution in [1.29, 1.82) is 0 Å². The predicted molar refractivity (Wildman–Crippen MR) is 51.2 cm³/mol. The van der Waals surface area contributed by atoms with E-state index >= 15 is 0 Å². The van der Waals surface area contributed by atoms with Gasteiger partial charge in [0.05, 0.1) is 0 Å². The van der Waals surface area contributed by atoms with Crippen molar-refractivity contribution in [2.75, 3.05) is 11.9 Å². The Morgan fingerprint density at radius 1 is 1.40 bits per heavy atom. The number of halogens is 3. The Labute approximate surface area is 85.5 Å². The molecule has 1 rings (SSSR count). The largest absolute Gasteiger partial charge is 0.433 e. The molecule has 15 heavy (non-hydrogen) atoms. The van der Waals surface area contributed by atoms with Gasteiger partial charge in [0.15, 0.2) is 0 Å². The topological polar surface area (TPSA) is 24.9 Å². The molecule has 0 saturated heterocycles. The van der Waals surface area contributed by atoms with Crippen molar-refractivity contribution in [3.05, 3.63) is 23.9 Å². The zero-order chi connectivity index (χ0) is 11.3. The van der Waals surface area contributed by atoms with Crippen molar-refractivity contribution in [3.8, 4) is 12.3 Å². The molecule has 0 spiro atoms. The Balaban J connectivity index is 2.71. The first kappa shape index (κ1) is 11.4. The van der Waals surface area contributed by atoms with E-state index < -0.39 is 11.9 Å². The molecule has 1 N–H and O–H groups in total. The highest BCUT2D eigenvalue weighted by Gasteiger charge is 2.32. The van der Waals surface area contributed by atoms with Crippen molar-refractivity contribution in [1.82, 2.24) is 4.98 Å². The first-order valence-electron chi connectivity index (χ1n) is 4.25. The molecule has 1 aromatic heterocycles. The standard InChI is InChI=1S/C10H9F3N2/c1-2-3-7-14-9-6-4-5-8(15-9)10(11,12)13/h1,4-6H,3,7H2,(H,14,15). The number of terminal acetylenes is 1. The zero-order valence-electron chi connectivity index (χ0n) is 7.80. The van der Waals surface area contributed by atoms with Crippen molar-refractivity contribution < 1.29 is 13.2 Å². The van der Waals surface area contributed by atoms with E-state index in [2.05, 4.69) is 16.2 Å². The maximum absolute atomic E-state index is 12.2. The normalized spacial score (nSPS) is 10.8. The summed E-state index contributed by atoms with van der Waals surface area (Å²) in [5.74, 6) is 2.55. The number of aromatic nitrogens is 1. The summed E-state index contributed by atoms with van der Waals surface area (Å²) in [6.07, 6.45) is 1.03. The fourth-order valence-corrected chi connectivity index (χ4v) is 0.954. The Kier molecular flexibility index (Phi) is 3.56. The van der Waals surface area contributed by atoms with Crippen LogP contribution < -0.4 is 5.32 Å². The summed E-state index contributed by atoms with van der Waals surface area (Å²) in [5.41, 5.74) is -0.909. The van der Waals surface area contributed by atoms with Crippen LogP contribution in [0.5, 0.6) is 0 Å². The third kappa shape index (κ3) is 3.50. The van der Waals surface area contributed by atoms with Gasteiger partial charge in [0, 0.05) is 13.0 Å². The number of anilines is 1. The third-order valence-electron chi connectivity index (χ3n) is 1.61. The van der Waals surface area contributed by atoms with E-state index in [1.54, 1.807) is 0 Å². The summed E-state index contributed by atoms with van der Waals surface area (Å²) in [7, 11) is 0. The molecule has 80 valence electrons. The van der Waals surface area contributed by atoms with Gasteiger partial charge in [-0.2, -0.15) is 13.2 Å². The van der Waals surface area contributed by atoms with E-state index in [1.807, 2.05) is 0 Å². The summed E-state index contributed by atoms with van der Waals surface area (Å²) < 4.78 is 36.7. The highest BCUT2D eigenvalue weighted by atomic mass is 19.4. The van der Waals surface area contributed by atoms with Crippen LogP contribution in [0.2, 0.25) is 0 Å². The summed E-state index contributed by atoms with van der Waals surface area (Å²) in [6.45, 7) is 0.408. The molecular formula is C10H9F3N2. The van der Waals surface area contributed by atoms with Gasteiger partial charge in [0.25, 0.3) is 0 Å². The van der Waals surface area contributed by atoms with Gasteiger partial charge >= 0.3 is 6.18 Å². The van der Waals surface area contributed by atoms with Gasteiger partial charge in [0.1, 0.15) is 11.5 Å². The lowest BCUT2D eigenvalue weighted by Crippen LogP contribution is -2.10. The Morgan fingerprint density at radius 2 is 2.13 bits per heavy atom. The van der Waals surface area contributed by atoms with Gasteiger partial charge in [-0.15, -0.1) is 12.3 Å². The van der Waals surface area contributed by atoms with Crippen LogP contribution in [-0.4, -0.2) is 11.5 Å². The lowest BCUT2D eigenvalue weighted by molar-refractivity contribution is -0.141. The van der Waals surface area contributed by atoms with Gasteiger partial charge in [0.2, 0.25) is 0 Å². The van der Waals surface area contributed by atoms with Gasteiger partial charge in [-0.25, -0.2) is 4.98 Å². The van der Waals surface area contributed by atoms with Crippen molar-refractivity contribution in [3.63, 3.8) is 0 Å². The first-order chi connectivity index (χ1) is 7.04. The molecule has 0 aliphatic carbocycles. The SMILES string of the molecule is C#CCCNc1cccc(C(F)(F)F)n1. The molecule has 0 unspecified atom stereocenters. The van der Waals surface area contributed by atoms with Gasteiger partial charge in [-0.05, 0) is 12.1 Å². The van der Waals surface area contributed by atoms with Crippen LogP contribution >= 0.6 is 0 Å².